The van der Waals surface area contributed by atoms with E-state index < -0.39 is 12.8 Å². The molecule has 2 aromatic rings. The predicted octanol–water partition coefficient (Wildman–Crippen LogP) is 3.70. The first-order chi connectivity index (χ1) is 14.6. The van der Waals surface area contributed by atoms with E-state index in [-0.39, 0.29) is 24.2 Å². The molecule has 3 rings (SSSR count). The summed E-state index contributed by atoms with van der Waals surface area (Å²) in [6.07, 6.45) is -0.506. The molecule has 2 aromatic heterocycles. The summed E-state index contributed by atoms with van der Waals surface area (Å²) in [6, 6.07) is 4.49. The predicted molar refractivity (Wildman–Crippen MR) is 107 cm³/mol. The fraction of sp³-hybridized carbons (Fsp3) is 0.429. The number of pyridine rings is 2. The minimum atomic E-state index is -4.44. The van der Waals surface area contributed by atoms with Gasteiger partial charge in [0.25, 0.3) is 5.91 Å². The fourth-order valence-corrected chi connectivity index (χ4v) is 2.90. The van der Waals surface area contributed by atoms with Crippen LogP contribution in [-0.4, -0.2) is 34.6 Å². The van der Waals surface area contributed by atoms with E-state index in [1.807, 2.05) is 0 Å². The Balaban J connectivity index is 1.59. The van der Waals surface area contributed by atoms with Crippen LogP contribution < -0.4 is 15.4 Å². The number of alkyl halides is 3. The molecule has 0 saturated heterocycles. The van der Waals surface area contributed by atoms with Gasteiger partial charge < -0.3 is 15.4 Å². The second kappa shape index (κ2) is 9.32. The molecule has 0 aliphatic heterocycles. The summed E-state index contributed by atoms with van der Waals surface area (Å²) in [7, 11) is 0. The maximum atomic E-state index is 12.6. The van der Waals surface area contributed by atoms with Crippen LogP contribution in [-0.2, 0) is 11.3 Å². The van der Waals surface area contributed by atoms with Gasteiger partial charge in [0.2, 0.25) is 11.8 Å². The molecular formula is C21H23F3N4O3. The van der Waals surface area contributed by atoms with Crippen molar-refractivity contribution < 1.29 is 27.5 Å². The summed E-state index contributed by atoms with van der Waals surface area (Å²) in [4.78, 5) is 32.7. The summed E-state index contributed by atoms with van der Waals surface area (Å²) in [6.45, 7) is 2.12. The molecule has 0 aromatic carbocycles. The molecule has 7 nitrogen and oxygen atoms in total. The van der Waals surface area contributed by atoms with Crippen molar-refractivity contribution in [3.05, 3.63) is 46.8 Å². The van der Waals surface area contributed by atoms with Gasteiger partial charge in [0.15, 0.2) is 6.61 Å². The van der Waals surface area contributed by atoms with Gasteiger partial charge in [-0.3, -0.25) is 9.59 Å². The number of nitrogens with one attached hydrogen (secondary N) is 2. The van der Waals surface area contributed by atoms with Gasteiger partial charge in [-0.15, -0.1) is 0 Å². The van der Waals surface area contributed by atoms with E-state index >= 15 is 0 Å². The first kappa shape index (κ1) is 22.5. The number of aromatic nitrogens is 2. The Morgan fingerprint density at radius 1 is 1.19 bits per heavy atom. The van der Waals surface area contributed by atoms with Gasteiger partial charge >= 0.3 is 6.18 Å². The van der Waals surface area contributed by atoms with Gasteiger partial charge in [0, 0.05) is 36.5 Å². The highest BCUT2D eigenvalue weighted by Crippen LogP contribution is 2.32. The highest BCUT2D eigenvalue weighted by atomic mass is 19.4. The SMILES string of the molecule is Cc1cc(C(=O)NCc2cnc(OCC(F)(F)F)cc2C)cc(NC(=O)CC2CC2)n1. The number of halogens is 3. The summed E-state index contributed by atoms with van der Waals surface area (Å²) in [5, 5.41) is 5.47. The molecule has 2 heterocycles. The third-order valence-electron chi connectivity index (χ3n) is 4.67. The number of carbonyl (C=O) groups excluding carboxylic acids is 2. The van der Waals surface area contributed by atoms with Gasteiger partial charge in [-0.2, -0.15) is 13.2 Å². The van der Waals surface area contributed by atoms with Gasteiger partial charge in [-0.1, -0.05) is 0 Å². The van der Waals surface area contributed by atoms with Crippen molar-refractivity contribution >= 4 is 17.6 Å². The average molecular weight is 436 g/mol. The third-order valence-corrected chi connectivity index (χ3v) is 4.67. The van der Waals surface area contributed by atoms with E-state index in [1.54, 1.807) is 19.9 Å². The van der Waals surface area contributed by atoms with Crippen LogP contribution in [0.3, 0.4) is 0 Å². The van der Waals surface area contributed by atoms with Crippen LogP contribution in [0.4, 0.5) is 19.0 Å². The molecule has 2 N–H and O–H groups in total. The minimum absolute atomic E-state index is 0.124. The Kier molecular flexibility index (Phi) is 6.77. The van der Waals surface area contributed by atoms with E-state index in [0.29, 0.717) is 40.5 Å². The van der Waals surface area contributed by atoms with Crippen molar-refractivity contribution in [1.29, 1.82) is 0 Å². The van der Waals surface area contributed by atoms with Crippen LogP contribution in [0.5, 0.6) is 5.88 Å². The molecule has 0 unspecified atom stereocenters. The summed E-state index contributed by atoms with van der Waals surface area (Å²) >= 11 is 0. The molecule has 0 bridgehead atoms. The molecule has 2 amide bonds. The van der Waals surface area contributed by atoms with E-state index in [1.165, 1.54) is 18.3 Å². The lowest BCUT2D eigenvalue weighted by Crippen LogP contribution is -2.24. The molecule has 1 aliphatic carbocycles. The number of amides is 2. The normalized spacial score (nSPS) is 13.6. The lowest BCUT2D eigenvalue weighted by molar-refractivity contribution is -0.154. The zero-order chi connectivity index (χ0) is 22.6. The lowest BCUT2D eigenvalue weighted by atomic mass is 10.1. The molecule has 10 heteroatoms. The highest BCUT2D eigenvalue weighted by Gasteiger charge is 2.28. The molecule has 1 saturated carbocycles. The van der Waals surface area contributed by atoms with Gasteiger partial charge in [0.1, 0.15) is 5.82 Å². The minimum Gasteiger partial charge on any atom is -0.468 e. The van der Waals surface area contributed by atoms with E-state index in [2.05, 4.69) is 25.3 Å². The largest absolute Gasteiger partial charge is 0.468 e. The Morgan fingerprint density at radius 3 is 2.58 bits per heavy atom. The molecule has 166 valence electrons. The van der Waals surface area contributed by atoms with Crippen LogP contribution in [0.25, 0.3) is 0 Å². The number of rotatable bonds is 8. The molecular weight excluding hydrogens is 413 g/mol. The quantitative estimate of drug-likeness (QED) is 0.658. The van der Waals surface area contributed by atoms with E-state index in [9.17, 15) is 22.8 Å². The maximum Gasteiger partial charge on any atom is 0.422 e. The molecule has 0 atom stereocenters. The molecule has 31 heavy (non-hydrogen) atoms. The van der Waals surface area contributed by atoms with Crippen molar-refractivity contribution in [3.63, 3.8) is 0 Å². The summed E-state index contributed by atoms with van der Waals surface area (Å²) in [5.74, 6) is 0.122. The first-order valence-corrected chi connectivity index (χ1v) is 9.81. The highest BCUT2D eigenvalue weighted by molar-refractivity contribution is 5.96. The number of carbonyl (C=O) groups is 2. The third kappa shape index (κ3) is 7.23. The van der Waals surface area contributed by atoms with E-state index in [0.717, 1.165) is 12.8 Å². The second-order valence-electron chi connectivity index (χ2n) is 7.61. The second-order valence-corrected chi connectivity index (χ2v) is 7.61. The van der Waals surface area contributed by atoms with Crippen molar-refractivity contribution in [2.24, 2.45) is 5.92 Å². The van der Waals surface area contributed by atoms with Crippen LogP contribution in [0, 0.1) is 19.8 Å². The van der Waals surface area contributed by atoms with Crippen molar-refractivity contribution in [1.82, 2.24) is 15.3 Å². The molecule has 0 spiro atoms. The summed E-state index contributed by atoms with van der Waals surface area (Å²) < 4.78 is 41.4. The molecule has 1 fully saturated rings. The Morgan fingerprint density at radius 2 is 1.94 bits per heavy atom. The van der Waals surface area contributed by atoms with Crippen LogP contribution in [0.2, 0.25) is 0 Å². The van der Waals surface area contributed by atoms with Gasteiger partial charge in [-0.25, -0.2) is 9.97 Å². The number of anilines is 1. The number of hydrogen-bond donors (Lipinski definition) is 2. The Hall–Kier alpha value is -3.17. The molecule has 0 radical (unpaired) electrons. The van der Waals surface area contributed by atoms with Crippen molar-refractivity contribution in [3.8, 4) is 5.88 Å². The number of ether oxygens (including phenoxy) is 1. The number of hydrogen-bond acceptors (Lipinski definition) is 5. The monoisotopic (exact) mass is 436 g/mol. The smallest absolute Gasteiger partial charge is 0.422 e. The van der Waals surface area contributed by atoms with Crippen LogP contribution >= 0.6 is 0 Å². The van der Waals surface area contributed by atoms with Crippen LogP contribution in [0.1, 0.15) is 46.4 Å². The lowest BCUT2D eigenvalue weighted by Gasteiger charge is -2.12. The fourth-order valence-electron chi connectivity index (χ4n) is 2.90. The average Bonchev–Trinajstić information content (AvgIpc) is 3.48. The molecule has 1 aliphatic rings. The summed E-state index contributed by atoms with van der Waals surface area (Å²) in [5.41, 5.74) is 2.19. The standard InChI is InChI=1S/C21H23F3N4O3/c1-12-5-19(31-11-21(22,23)24)25-9-16(12)10-26-20(30)15-6-13(2)27-17(8-15)28-18(29)7-14-3-4-14/h5-6,8-9,14H,3-4,7,10-11H2,1-2H3,(H,26,30)(H,27,28,29). The van der Waals surface area contributed by atoms with Crippen molar-refractivity contribution in [2.45, 2.75) is 45.8 Å². The number of aryl methyl sites for hydroxylation is 2. The Bertz CT molecular complexity index is 975. The zero-order valence-electron chi connectivity index (χ0n) is 17.2. The van der Waals surface area contributed by atoms with Gasteiger partial charge in [-0.05, 0) is 55.9 Å². The maximum absolute atomic E-state index is 12.6. The van der Waals surface area contributed by atoms with Crippen LogP contribution in [0.15, 0.2) is 24.4 Å². The van der Waals surface area contributed by atoms with Crippen molar-refractivity contribution in [2.75, 3.05) is 11.9 Å². The topological polar surface area (TPSA) is 93.2 Å². The van der Waals surface area contributed by atoms with Gasteiger partial charge in [0.05, 0.1) is 0 Å². The number of nitrogens with zero attached hydrogens (tertiary/aromatic N) is 2. The zero-order valence-corrected chi connectivity index (χ0v) is 17.2. The Labute approximate surface area is 177 Å². The van der Waals surface area contributed by atoms with E-state index in [4.69, 9.17) is 0 Å². The first-order valence-electron chi connectivity index (χ1n) is 9.81.